The van der Waals surface area contributed by atoms with E-state index in [1.165, 1.54) is 0 Å². The second-order valence-corrected chi connectivity index (χ2v) is 3.44. The molecule has 0 saturated carbocycles. The number of alkyl halides is 12. The lowest BCUT2D eigenvalue weighted by Gasteiger charge is -2.51. The van der Waals surface area contributed by atoms with Crippen LogP contribution in [0.2, 0.25) is 0 Å². The Labute approximate surface area is 94.7 Å². The van der Waals surface area contributed by atoms with Crippen LogP contribution in [-0.4, -0.2) is 35.9 Å². The van der Waals surface area contributed by atoms with Crippen molar-refractivity contribution in [2.24, 2.45) is 0 Å². The number of ether oxygens (including phenoxy) is 1. The summed E-state index contributed by atoms with van der Waals surface area (Å²) in [6.07, 6.45) is -13.1. The maximum Gasteiger partial charge on any atom is 0.460 e. The Morgan fingerprint density at radius 3 is 1.26 bits per heavy atom. The minimum Gasteiger partial charge on any atom is -0.267 e. The van der Waals surface area contributed by atoms with E-state index in [1.807, 2.05) is 4.74 Å². The molecule has 0 radical (unpaired) electrons. The van der Waals surface area contributed by atoms with Crippen LogP contribution in [0, 0.1) is 0 Å². The Morgan fingerprint density at radius 2 is 1.05 bits per heavy atom. The highest BCUT2D eigenvalue weighted by Crippen LogP contribution is 2.67. The predicted molar refractivity (Wildman–Crippen MR) is 30.8 cm³/mol. The fourth-order valence-corrected chi connectivity index (χ4v) is 1.09. The molecule has 0 N–H and O–H groups in total. The summed E-state index contributed by atoms with van der Waals surface area (Å²) < 4.78 is 148. The van der Waals surface area contributed by atoms with Gasteiger partial charge in [-0.15, -0.1) is 0 Å². The van der Waals surface area contributed by atoms with Gasteiger partial charge >= 0.3 is 35.9 Å². The predicted octanol–water partition coefficient (Wildman–Crippen LogP) is 3.74. The van der Waals surface area contributed by atoms with E-state index < -0.39 is 35.9 Å². The molecule has 0 aromatic heterocycles. The molecular formula is C6F12O. The average Bonchev–Trinajstić information content (AvgIpc) is 2.14. The molecule has 1 aliphatic rings. The molecule has 1 atom stereocenters. The van der Waals surface area contributed by atoms with Crippen LogP contribution in [0.15, 0.2) is 0 Å². The fourth-order valence-electron chi connectivity index (χ4n) is 1.09. The van der Waals surface area contributed by atoms with Crippen molar-refractivity contribution >= 4 is 0 Å². The Morgan fingerprint density at radius 1 is 0.684 bits per heavy atom. The molecule has 1 saturated heterocycles. The molecule has 0 spiro atoms. The van der Waals surface area contributed by atoms with Crippen LogP contribution in [0.3, 0.4) is 0 Å². The van der Waals surface area contributed by atoms with E-state index in [-0.39, 0.29) is 0 Å². The second-order valence-electron chi connectivity index (χ2n) is 3.44. The molecule has 1 aliphatic heterocycles. The molecule has 114 valence electrons. The molecule has 0 aliphatic carbocycles. The topological polar surface area (TPSA) is 9.23 Å². The normalized spacial score (nSPS) is 30.9. The SMILES string of the molecule is FC(F)(F)C(F)(F)C(F)(F)C1(F)OC(F)(F)C1(F)F. The van der Waals surface area contributed by atoms with Crippen molar-refractivity contribution in [2.75, 3.05) is 0 Å². The van der Waals surface area contributed by atoms with E-state index in [9.17, 15) is 52.7 Å². The molecule has 0 amide bonds. The van der Waals surface area contributed by atoms with Gasteiger partial charge in [0.05, 0.1) is 0 Å². The van der Waals surface area contributed by atoms with Gasteiger partial charge < -0.3 is 0 Å². The first-order valence-corrected chi connectivity index (χ1v) is 3.93. The van der Waals surface area contributed by atoms with Crippen LogP contribution >= 0.6 is 0 Å². The summed E-state index contributed by atoms with van der Waals surface area (Å²) >= 11 is 0. The van der Waals surface area contributed by atoms with Crippen LogP contribution in [0.5, 0.6) is 0 Å². The maximum atomic E-state index is 12.8. The smallest absolute Gasteiger partial charge is 0.267 e. The monoisotopic (exact) mass is 316 g/mol. The van der Waals surface area contributed by atoms with Gasteiger partial charge in [0.25, 0.3) is 0 Å². The van der Waals surface area contributed by atoms with Crippen LogP contribution in [0.4, 0.5) is 52.7 Å². The van der Waals surface area contributed by atoms with Gasteiger partial charge in [-0.2, -0.15) is 52.7 Å². The third-order valence-corrected chi connectivity index (χ3v) is 2.19. The highest BCUT2D eigenvalue weighted by molar-refractivity contribution is 5.15. The minimum atomic E-state index is -7.35. The molecule has 0 bridgehead atoms. The third kappa shape index (κ3) is 1.56. The van der Waals surface area contributed by atoms with Crippen molar-refractivity contribution in [3.63, 3.8) is 0 Å². The molecule has 0 aromatic carbocycles. The number of halogens is 12. The van der Waals surface area contributed by atoms with Gasteiger partial charge in [-0.3, -0.25) is 4.74 Å². The third-order valence-electron chi connectivity index (χ3n) is 2.19. The molecule has 1 rings (SSSR count). The van der Waals surface area contributed by atoms with Crippen LogP contribution in [0.1, 0.15) is 0 Å². The molecule has 0 aromatic rings. The van der Waals surface area contributed by atoms with E-state index in [2.05, 4.69) is 0 Å². The molecular weight excluding hydrogens is 316 g/mol. The van der Waals surface area contributed by atoms with Crippen LogP contribution in [0.25, 0.3) is 0 Å². The second kappa shape index (κ2) is 3.41. The first kappa shape index (κ1) is 16.2. The first-order chi connectivity index (χ1) is 7.96. The lowest BCUT2D eigenvalue weighted by atomic mass is 9.91. The van der Waals surface area contributed by atoms with Gasteiger partial charge in [0.2, 0.25) is 0 Å². The standard InChI is InChI=1S/C6F12O/c7-1(8,2(9,10)5(14,15)16)4(13)3(11,12)6(17,18)19-4. The Bertz CT molecular complexity index is 382. The van der Waals surface area contributed by atoms with Crippen LogP contribution < -0.4 is 0 Å². The van der Waals surface area contributed by atoms with Gasteiger partial charge in [0, 0.05) is 0 Å². The van der Waals surface area contributed by atoms with E-state index in [1.54, 1.807) is 0 Å². The summed E-state index contributed by atoms with van der Waals surface area (Å²) in [6, 6.07) is 0. The summed E-state index contributed by atoms with van der Waals surface area (Å²) in [7, 11) is 0. The van der Waals surface area contributed by atoms with Gasteiger partial charge in [0.15, 0.2) is 0 Å². The first-order valence-electron chi connectivity index (χ1n) is 3.93. The number of rotatable bonds is 2. The van der Waals surface area contributed by atoms with Crippen molar-refractivity contribution < 1.29 is 57.4 Å². The van der Waals surface area contributed by atoms with Gasteiger partial charge in [-0.1, -0.05) is 0 Å². The number of hydrogen-bond donors (Lipinski definition) is 0. The highest BCUT2D eigenvalue weighted by atomic mass is 19.4. The molecule has 19 heavy (non-hydrogen) atoms. The maximum absolute atomic E-state index is 12.8. The van der Waals surface area contributed by atoms with Crippen molar-refractivity contribution in [1.29, 1.82) is 0 Å². The largest absolute Gasteiger partial charge is 0.460 e. The van der Waals surface area contributed by atoms with Crippen molar-refractivity contribution in [2.45, 2.75) is 35.9 Å². The zero-order valence-electron chi connectivity index (χ0n) is 7.94. The average molecular weight is 316 g/mol. The van der Waals surface area contributed by atoms with Gasteiger partial charge in [-0.25, -0.2) is 0 Å². The fraction of sp³-hybridized carbons (Fsp3) is 1.00. The molecule has 1 unspecified atom stereocenters. The van der Waals surface area contributed by atoms with Gasteiger partial charge in [0.1, 0.15) is 0 Å². The quantitative estimate of drug-likeness (QED) is 0.705. The Kier molecular flexibility index (Phi) is 2.90. The molecule has 1 fully saturated rings. The Balaban J connectivity index is 3.31. The van der Waals surface area contributed by atoms with E-state index in [0.717, 1.165) is 0 Å². The highest BCUT2D eigenvalue weighted by Gasteiger charge is 2.98. The summed E-state index contributed by atoms with van der Waals surface area (Å²) in [5.41, 5.74) is 0. The minimum absolute atomic E-state index is 2.00. The summed E-state index contributed by atoms with van der Waals surface area (Å²) in [5.74, 6) is -27.7. The number of hydrogen-bond acceptors (Lipinski definition) is 1. The lowest BCUT2D eigenvalue weighted by Crippen LogP contribution is -2.82. The molecule has 13 heteroatoms. The molecule has 1 nitrogen and oxygen atoms in total. The summed E-state index contributed by atoms with van der Waals surface area (Å²) in [5, 5.41) is 0. The zero-order chi connectivity index (χ0) is 15.7. The summed E-state index contributed by atoms with van der Waals surface area (Å²) in [6.45, 7) is 0. The lowest BCUT2D eigenvalue weighted by molar-refractivity contribution is -0.597. The van der Waals surface area contributed by atoms with E-state index in [0.29, 0.717) is 0 Å². The molecule has 1 heterocycles. The van der Waals surface area contributed by atoms with Gasteiger partial charge in [-0.05, 0) is 0 Å². The zero-order valence-corrected chi connectivity index (χ0v) is 7.94. The van der Waals surface area contributed by atoms with Crippen molar-refractivity contribution in [3.05, 3.63) is 0 Å². The van der Waals surface area contributed by atoms with Crippen molar-refractivity contribution in [1.82, 2.24) is 0 Å². The van der Waals surface area contributed by atoms with E-state index in [4.69, 9.17) is 0 Å². The summed E-state index contributed by atoms with van der Waals surface area (Å²) in [4.78, 5) is 0. The van der Waals surface area contributed by atoms with E-state index >= 15 is 0 Å². The Hall–Kier alpha value is -0.880. The van der Waals surface area contributed by atoms with Crippen molar-refractivity contribution in [3.8, 4) is 0 Å². The van der Waals surface area contributed by atoms with Crippen LogP contribution in [-0.2, 0) is 4.74 Å².